The minimum absolute atomic E-state index is 0.00344. The van der Waals surface area contributed by atoms with E-state index in [0.717, 1.165) is 44.2 Å². The lowest BCUT2D eigenvalue weighted by molar-refractivity contribution is -0.138. The van der Waals surface area contributed by atoms with Crippen LogP contribution in [0, 0.1) is 13.8 Å². The third kappa shape index (κ3) is 8.28. The van der Waals surface area contributed by atoms with Crippen LogP contribution in [-0.4, -0.2) is 28.3 Å². The molecule has 4 nitrogen and oxygen atoms in total. The molecule has 3 rings (SSSR count). The number of carboxylic acids is 1. The average molecular weight is 582 g/mol. The number of thioether (sulfide) groups is 2. The molecule has 0 fully saturated rings. The Morgan fingerprint density at radius 2 is 1.61 bits per heavy atom. The molecule has 1 heterocycles. The zero-order valence-corrected chi connectivity index (χ0v) is 24.2. The van der Waals surface area contributed by atoms with Crippen molar-refractivity contribution in [1.82, 2.24) is 5.32 Å². The van der Waals surface area contributed by atoms with Gasteiger partial charge in [0, 0.05) is 21.1 Å². The monoisotopic (exact) mass is 581 g/mol. The molecule has 0 aliphatic heterocycles. The molecule has 0 saturated heterocycles. The van der Waals surface area contributed by atoms with Crippen molar-refractivity contribution in [3.05, 3.63) is 75.0 Å². The Hall–Kier alpha value is -2.43. The fourth-order valence-electron chi connectivity index (χ4n) is 3.83. The summed E-state index contributed by atoms with van der Waals surface area (Å²) in [5, 5.41) is 11.4. The highest BCUT2D eigenvalue weighted by molar-refractivity contribution is 8.17. The Balaban J connectivity index is 1.85. The number of aryl methyl sites for hydroxylation is 2. The van der Waals surface area contributed by atoms with Gasteiger partial charge < -0.3 is 10.4 Å². The summed E-state index contributed by atoms with van der Waals surface area (Å²) in [6, 6.07) is 13.0. The molecular weight excluding hydrogens is 552 g/mol. The number of carbonyl (C=O) groups excluding carboxylic acids is 1. The molecule has 1 aromatic heterocycles. The summed E-state index contributed by atoms with van der Waals surface area (Å²) in [7, 11) is 0. The number of amides is 1. The van der Waals surface area contributed by atoms with Gasteiger partial charge in [-0.2, -0.15) is 13.2 Å². The summed E-state index contributed by atoms with van der Waals surface area (Å²) >= 11 is 4.83. The van der Waals surface area contributed by atoms with Crippen LogP contribution in [0.2, 0.25) is 0 Å². The summed E-state index contributed by atoms with van der Waals surface area (Å²) < 4.78 is 38.9. The number of carbonyl (C=O) groups is 2. The van der Waals surface area contributed by atoms with Gasteiger partial charge in [0.15, 0.2) is 0 Å². The Labute approximate surface area is 233 Å². The molecule has 204 valence electrons. The van der Waals surface area contributed by atoms with E-state index in [1.165, 1.54) is 23.5 Å². The fourth-order valence-corrected chi connectivity index (χ4v) is 8.35. The van der Waals surface area contributed by atoms with Crippen molar-refractivity contribution in [3.63, 3.8) is 0 Å². The quantitative estimate of drug-likeness (QED) is 0.196. The number of benzene rings is 2. The summed E-state index contributed by atoms with van der Waals surface area (Å²) in [5.41, 5.74) is 2.92. The van der Waals surface area contributed by atoms with Crippen molar-refractivity contribution in [1.29, 1.82) is 0 Å². The molecule has 1 atom stereocenters. The second-order valence-corrected chi connectivity index (χ2v) is 14.3. The summed E-state index contributed by atoms with van der Waals surface area (Å²) in [4.78, 5) is 25.8. The third-order valence-corrected chi connectivity index (χ3v) is 9.59. The van der Waals surface area contributed by atoms with Gasteiger partial charge in [0.2, 0.25) is 0 Å². The number of aliphatic carboxylic acids is 1. The van der Waals surface area contributed by atoms with Crippen LogP contribution in [0.25, 0.3) is 11.1 Å². The molecule has 2 N–H and O–H groups in total. The molecule has 0 aliphatic carbocycles. The van der Waals surface area contributed by atoms with Crippen molar-refractivity contribution < 1.29 is 27.9 Å². The molecule has 2 aromatic carbocycles. The molecule has 0 radical (unpaired) electrons. The van der Waals surface area contributed by atoms with Gasteiger partial charge in [0.05, 0.1) is 21.4 Å². The number of halogens is 3. The Morgan fingerprint density at radius 1 is 1.00 bits per heavy atom. The Kier molecular flexibility index (Phi) is 9.65. The van der Waals surface area contributed by atoms with E-state index >= 15 is 0 Å². The molecule has 0 bridgehead atoms. The maximum atomic E-state index is 13.0. The predicted molar refractivity (Wildman–Crippen MR) is 151 cm³/mol. The first-order valence-corrected chi connectivity index (χ1v) is 14.4. The Morgan fingerprint density at radius 3 is 2.13 bits per heavy atom. The van der Waals surface area contributed by atoms with E-state index in [4.69, 9.17) is 5.11 Å². The SMILES string of the molecule is Cc1cc(SC(SC(C)(C)C)c2ccc(C(=O)NCCC(=O)O)s2)cc(C)c1-c1ccc(C(F)(F)F)cc1. The van der Waals surface area contributed by atoms with Crippen molar-refractivity contribution in [3.8, 4) is 11.1 Å². The van der Waals surface area contributed by atoms with E-state index in [9.17, 15) is 22.8 Å². The number of carboxylic acid groups (broad SMARTS) is 1. The van der Waals surface area contributed by atoms with Gasteiger partial charge in [-0.1, -0.05) is 32.9 Å². The first kappa shape index (κ1) is 30.1. The maximum absolute atomic E-state index is 13.0. The predicted octanol–water partition coefficient (Wildman–Crippen LogP) is 8.58. The summed E-state index contributed by atoms with van der Waals surface area (Å²) in [5.74, 6) is -1.26. The molecular formula is C28H30F3NO3S3. The van der Waals surface area contributed by atoms with Gasteiger partial charge in [-0.15, -0.1) is 34.9 Å². The smallest absolute Gasteiger partial charge is 0.416 e. The lowest BCUT2D eigenvalue weighted by atomic mass is 9.95. The maximum Gasteiger partial charge on any atom is 0.416 e. The fraction of sp³-hybridized carbons (Fsp3) is 0.357. The average Bonchev–Trinajstić information content (AvgIpc) is 3.27. The van der Waals surface area contributed by atoms with Crippen LogP contribution in [0.4, 0.5) is 13.2 Å². The van der Waals surface area contributed by atoms with Crippen molar-refractivity contribution in [2.24, 2.45) is 0 Å². The zero-order valence-electron chi connectivity index (χ0n) is 21.7. The van der Waals surface area contributed by atoms with Gasteiger partial charge in [-0.05, 0) is 72.5 Å². The minimum Gasteiger partial charge on any atom is -0.481 e. The van der Waals surface area contributed by atoms with Crippen molar-refractivity contribution >= 4 is 46.7 Å². The van der Waals surface area contributed by atoms with Gasteiger partial charge in [0.25, 0.3) is 5.91 Å². The van der Waals surface area contributed by atoms with Crippen LogP contribution in [0.15, 0.2) is 53.4 Å². The molecule has 38 heavy (non-hydrogen) atoms. The highest BCUT2D eigenvalue weighted by Crippen LogP contribution is 2.51. The Bertz CT molecular complexity index is 1270. The standard InChI is InChI=1S/C28H30F3NO3S3/c1-16-14-20(15-17(2)24(16)18-6-8-19(9-7-18)28(29,30)31)36-26(38-27(3,4)5)22-11-10-21(37-22)25(35)32-13-12-23(33)34/h6-11,14-15,26H,12-13H2,1-5H3,(H,32,35)(H,33,34). The van der Waals surface area contributed by atoms with Crippen LogP contribution in [0.5, 0.6) is 0 Å². The second-order valence-electron chi connectivity index (χ2n) is 9.79. The number of hydrogen-bond donors (Lipinski definition) is 2. The van der Waals surface area contributed by atoms with Gasteiger partial charge >= 0.3 is 12.1 Å². The van der Waals surface area contributed by atoms with E-state index in [1.54, 1.807) is 29.6 Å². The molecule has 1 unspecified atom stereocenters. The number of nitrogens with one attached hydrogen (secondary N) is 1. The third-order valence-electron chi connectivity index (χ3n) is 5.42. The van der Waals surface area contributed by atoms with Gasteiger partial charge in [0.1, 0.15) is 0 Å². The van der Waals surface area contributed by atoms with E-state index < -0.39 is 17.7 Å². The number of hydrogen-bond acceptors (Lipinski definition) is 5. The van der Waals surface area contributed by atoms with E-state index in [0.29, 0.717) is 4.88 Å². The highest BCUT2D eigenvalue weighted by Gasteiger charge is 2.30. The topological polar surface area (TPSA) is 66.4 Å². The molecule has 0 aliphatic rings. The number of thiophene rings is 1. The zero-order chi connectivity index (χ0) is 28.3. The van der Waals surface area contributed by atoms with Gasteiger partial charge in [-0.25, -0.2) is 0 Å². The van der Waals surface area contributed by atoms with Crippen LogP contribution in [0.1, 0.15) is 63.0 Å². The lowest BCUT2D eigenvalue weighted by Gasteiger charge is -2.25. The van der Waals surface area contributed by atoms with Crippen LogP contribution < -0.4 is 5.32 Å². The van der Waals surface area contributed by atoms with Crippen LogP contribution in [0.3, 0.4) is 0 Å². The first-order chi connectivity index (χ1) is 17.6. The summed E-state index contributed by atoms with van der Waals surface area (Å²) in [6.07, 6.45) is -4.51. The van der Waals surface area contributed by atoms with Crippen LogP contribution in [-0.2, 0) is 11.0 Å². The second kappa shape index (κ2) is 12.2. The van der Waals surface area contributed by atoms with E-state index in [-0.39, 0.29) is 28.2 Å². The van der Waals surface area contributed by atoms with Gasteiger partial charge in [-0.3, -0.25) is 9.59 Å². The van der Waals surface area contributed by atoms with Crippen LogP contribution >= 0.6 is 34.9 Å². The highest BCUT2D eigenvalue weighted by atomic mass is 32.2. The normalized spacial score (nSPS) is 12.8. The first-order valence-electron chi connectivity index (χ1n) is 11.9. The lowest BCUT2D eigenvalue weighted by Crippen LogP contribution is -2.25. The largest absolute Gasteiger partial charge is 0.481 e. The van der Waals surface area contributed by atoms with Crippen molar-refractivity contribution in [2.45, 2.75) is 61.4 Å². The van der Waals surface area contributed by atoms with E-state index in [2.05, 4.69) is 26.1 Å². The molecule has 0 spiro atoms. The molecule has 1 amide bonds. The van der Waals surface area contributed by atoms with Crippen molar-refractivity contribution in [2.75, 3.05) is 6.54 Å². The van der Waals surface area contributed by atoms with E-state index in [1.807, 2.05) is 32.0 Å². The number of alkyl halides is 3. The molecule has 10 heteroatoms. The molecule has 3 aromatic rings. The molecule has 0 saturated carbocycles. The summed E-state index contributed by atoms with van der Waals surface area (Å²) in [6.45, 7) is 10.4. The number of rotatable bonds is 9. The minimum atomic E-state index is -4.37.